The van der Waals surface area contributed by atoms with Crippen molar-refractivity contribution >= 4 is 23.8 Å². The number of benzene rings is 1. The number of amidine groups is 1. The summed E-state index contributed by atoms with van der Waals surface area (Å²) in [5.74, 6) is 1.20. The molecule has 2 aromatic rings. The fourth-order valence-electron chi connectivity index (χ4n) is 1.87. The molecular weight excluding hydrogens is 258 g/mol. The number of fused-ring (bicyclic) bond motifs is 1. The summed E-state index contributed by atoms with van der Waals surface area (Å²) in [6, 6.07) is 9.92. The lowest BCUT2D eigenvalue weighted by atomic mass is 10.1. The maximum Gasteiger partial charge on any atom is 0.169 e. The van der Waals surface area contributed by atoms with Crippen molar-refractivity contribution in [3.05, 3.63) is 42.2 Å². The molecule has 1 aliphatic rings. The molecule has 0 saturated carbocycles. The van der Waals surface area contributed by atoms with Crippen molar-refractivity contribution in [2.75, 3.05) is 10.8 Å². The van der Waals surface area contributed by atoms with Crippen LogP contribution in [0.3, 0.4) is 0 Å². The summed E-state index contributed by atoms with van der Waals surface area (Å²) in [5.41, 5.74) is 8.39. The Bertz CT molecular complexity index is 626. The zero-order chi connectivity index (χ0) is 13.2. The van der Waals surface area contributed by atoms with E-state index in [-0.39, 0.29) is 0 Å². The van der Waals surface area contributed by atoms with Gasteiger partial charge in [-0.15, -0.1) is 0 Å². The predicted molar refractivity (Wildman–Crippen MR) is 78.8 cm³/mol. The SMILES string of the molecule is CCN1SN=C(N)c2nc(-c3ccccc3)cnc21. The van der Waals surface area contributed by atoms with Crippen molar-refractivity contribution in [2.24, 2.45) is 10.1 Å². The standard InChI is InChI=1S/C13H13N5S/c1-2-18-13-11(12(14)17-19-18)16-10(8-15-13)9-6-4-3-5-7-9/h3-8H,2H2,1H3,(H2,14,17). The zero-order valence-corrected chi connectivity index (χ0v) is 11.3. The summed E-state index contributed by atoms with van der Waals surface area (Å²) < 4.78 is 6.16. The highest BCUT2D eigenvalue weighted by atomic mass is 32.2. The lowest BCUT2D eigenvalue weighted by Gasteiger charge is -2.23. The minimum atomic E-state index is 0.426. The molecule has 0 radical (unpaired) electrons. The average Bonchev–Trinajstić information content (AvgIpc) is 2.48. The Labute approximate surface area is 115 Å². The molecule has 2 N–H and O–H groups in total. The van der Waals surface area contributed by atoms with Crippen LogP contribution in [0.5, 0.6) is 0 Å². The monoisotopic (exact) mass is 271 g/mol. The quantitative estimate of drug-likeness (QED) is 0.848. The second-order valence-electron chi connectivity index (χ2n) is 4.05. The summed E-state index contributed by atoms with van der Waals surface area (Å²) in [5, 5.41) is 0. The van der Waals surface area contributed by atoms with Gasteiger partial charge in [-0.05, 0) is 6.92 Å². The van der Waals surface area contributed by atoms with Gasteiger partial charge in [-0.2, -0.15) is 4.40 Å². The molecule has 19 heavy (non-hydrogen) atoms. The summed E-state index contributed by atoms with van der Waals surface area (Å²) in [4.78, 5) is 9.07. The first-order valence-corrected chi connectivity index (χ1v) is 6.73. The van der Waals surface area contributed by atoms with Gasteiger partial charge in [-0.3, -0.25) is 4.31 Å². The van der Waals surface area contributed by atoms with E-state index in [1.165, 1.54) is 12.1 Å². The van der Waals surface area contributed by atoms with Gasteiger partial charge in [0.15, 0.2) is 11.7 Å². The van der Waals surface area contributed by atoms with Gasteiger partial charge in [0.2, 0.25) is 0 Å². The number of anilines is 1. The Morgan fingerprint density at radius 3 is 2.79 bits per heavy atom. The number of aromatic nitrogens is 2. The molecule has 2 heterocycles. The molecule has 0 bridgehead atoms. The molecular formula is C13H13N5S. The molecule has 0 saturated heterocycles. The van der Waals surface area contributed by atoms with E-state index in [9.17, 15) is 0 Å². The third-order valence-electron chi connectivity index (χ3n) is 2.83. The second kappa shape index (κ2) is 4.89. The van der Waals surface area contributed by atoms with Crippen LogP contribution in [0, 0.1) is 0 Å². The molecule has 0 fully saturated rings. The van der Waals surface area contributed by atoms with Crippen LogP contribution in [0.25, 0.3) is 11.3 Å². The van der Waals surface area contributed by atoms with Crippen LogP contribution < -0.4 is 10.0 Å². The van der Waals surface area contributed by atoms with Gasteiger partial charge in [0.05, 0.1) is 24.0 Å². The van der Waals surface area contributed by atoms with E-state index in [1.54, 1.807) is 6.20 Å². The first kappa shape index (κ1) is 12.0. The van der Waals surface area contributed by atoms with Gasteiger partial charge in [0.25, 0.3) is 0 Å². The van der Waals surface area contributed by atoms with Gasteiger partial charge in [0, 0.05) is 12.1 Å². The fraction of sp³-hybridized carbons (Fsp3) is 0.154. The van der Waals surface area contributed by atoms with E-state index in [0.29, 0.717) is 11.5 Å². The number of nitrogens with zero attached hydrogens (tertiary/aromatic N) is 4. The largest absolute Gasteiger partial charge is 0.381 e. The van der Waals surface area contributed by atoms with Crippen molar-refractivity contribution in [3.8, 4) is 11.3 Å². The Morgan fingerprint density at radius 2 is 2.05 bits per heavy atom. The molecule has 0 spiro atoms. The third kappa shape index (κ3) is 2.15. The van der Waals surface area contributed by atoms with Gasteiger partial charge in [-0.1, -0.05) is 30.3 Å². The number of hydrogen-bond donors (Lipinski definition) is 1. The topological polar surface area (TPSA) is 67.4 Å². The summed E-state index contributed by atoms with van der Waals surface area (Å²) in [7, 11) is 0. The van der Waals surface area contributed by atoms with Crippen molar-refractivity contribution in [1.29, 1.82) is 0 Å². The molecule has 0 aliphatic carbocycles. The van der Waals surface area contributed by atoms with E-state index in [4.69, 9.17) is 5.73 Å². The van der Waals surface area contributed by atoms with Gasteiger partial charge in [-0.25, -0.2) is 9.97 Å². The van der Waals surface area contributed by atoms with E-state index >= 15 is 0 Å². The molecule has 3 rings (SSSR count). The van der Waals surface area contributed by atoms with Gasteiger partial charge < -0.3 is 5.73 Å². The second-order valence-corrected chi connectivity index (χ2v) is 4.83. The van der Waals surface area contributed by atoms with Crippen LogP contribution in [-0.4, -0.2) is 22.3 Å². The normalized spacial score (nSPS) is 13.9. The Hall–Kier alpha value is -2.08. The van der Waals surface area contributed by atoms with Gasteiger partial charge in [0.1, 0.15) is 5.69 Å². The van der Waals surface area contributed by atoms with Crippen LogP contribution in [0.1, 0.15) is 12.6 Å². The molecule has 96 valence electrons. The Morgan fingerprint density at radius 1 is 1.26 bits per heavy atom. The van der Waals surface area contributed by atoms with Crippen molar-refractivity contribution in [2.45, 2.75) is 6.92 Å². The Kier molecular flexibility index (Phi) is 3.08. The number of rotatable bonds is 2. The maximum absolute atomic E-state index is 5.91. The lowest BCUT2D eigenvalue weighted by molar-refractivity contribution is 1.03. The van der Waals surface area contributed by atoms with E-state index in [2.05, 4.69) is 14.4 Å². The number of hydrogen-bond acceptors (Lipinski definition) is 6. The summed E-state index contributed by atoms with van der Waals surface area (Å²) in [6.45, 7) is 2.84. The zero-order valence-electron chi connectivity index (χ0n) is 10.4. The highest BCUT2D eigenvalue weighted by Crippen LogP contribution is 2.30. The molecule has 1 aromatic carbocycles. The van der Waals surface area contributed by atoms with Crippen LogP contribution in [0.4, 0.5) is 5.82 Å². The Balaban J connectivity index is 2.09. The summed E-state index contributed by atoms with van der Waals surface area (Å²) in [6.07, 6.45) is 1.77. The third-order valence-corrected chi connectivity index (χ3v) is 3.73. The first-order valence-electron chi connectivity index (χ1n) is 6.00. The van der Waals surface area contributed by atoms with Gasteiger partial charge >= 0.3 is 0 Å². The average molecular weight is 271 g/mol. The molecule has 1 aliphatic heterocycles. The molecule has 0 unspecified atom stereocenters. The molecule has 0 atom stereocenters. The van der Waals surface area contributed by atoms with E-state index < -0.39 is 0 Å². The fourth-order valence-corrected chi connectivity index (χ4v) is 2.47. The molecule has 1 aromatic heterocycles. The maximum atomic E-state index is 5.91. The van der Waals surface area contributed by atoms with Crippen molar-refractivity contribution in [1.82, 2.24) is 9.97 Å². The first-order chi connectivity index (χ1) is 9.29. The van der Waals surface area contributed by atoms with Crippen LogP contribution in [-0.2, 0) is 0 Å². The van der Waals surface area contributed by atoms with Crippen molar-refractivity contribution < 1.29 is 0 Å². The molecule has 6 heteroatoms. The van der Waals surface area contributed by atoms with E-state index in [1.807, 2.05) is 41.6 Å². The highest BCUT2D eigenvalue weighted by molar-refractivity contribution is 7.99. The van der Waals surface area contributed by atoms with Crippen LogP contribution >= 0.6 is 12.1 Å². The highest BCUT2D eigenvalue weighted by Gasteiger charge is 2.22. The van der Waals surface area contributed by atoms with Crippen molar-refractivity contribution in [3.63, 3.8) is 0 Å². The lowest BCUT2D eigenvalue weighted by Crippen LogP contribution is -2.27. The van der Waals surface area contributed by atoms with E-state index in [0.717, 1.165) is 23.6 Å². The predicted octanol–water partition coefficient (Wildman–Crippen LogP) is 2.25. The molecule has 0 amide bonds. The minimum Gasteiger partial charge on any atom is -0.381 e. The van der Waals surface area contributed by atoms with Crippen LogP contribution in [0.2, 0.25) is 0 Å². The van der Waals surface area contributed by atoms with Crippen LogP contribution in [0.15, 0.2) is 40.9 Å². The summed E-state index contributed by atoms with van der Waals surface area (Å²) >= 11 is 1.31. The smallest absolute Gasteiger partial charge is 0.169 e. The molecule has 5 nitrogen and oxygen atoms in total. The minimum absolute atomic E-state index is 0.426. The number of nitrogens with two attached hydrogens (primary N) is 1.